The van der Waals surface area contributed by atoms with E-state index in [0.29, 0.717) is 6.04 Å². The van der Waals surface area contributed by atoms with Crippen LogP contribution in [0.2, 0.25) is 0 Å². The number of hydrogen-bond acceptors (Lipinski definition) is 3. The monoisotopic (exact) mass is 199 g/mol. The quantitative estimate of drug-likeness (QED) is 0.543. The molecule has 0 radical (unpaired) electrons. The Bertz CT molecular complexity index is 224. The van der Waals surface area contributed by atoms with Crippen molar-refractivity contribution in [3.05, 3.63) is 0 Å². The number of primary amides is 2. The lowest BCUT2D eigenvalue weighted by Crippen LogP contribution is -2.47. The molecule has 0 aromatic heterocycles. The number of amides is 2. The van der Waals surface area contributed by atoms with Crippen LogP contribution in [0.3, 0.4) is 0 Å². The van der Waals surface area contributed by atoms with Crippen molar-refractivity contribution in [3.8, 4) is 0 Å². The number of rotatable bonds is 5. The van der Waals surface area contributed by atoms with Crippen LogP contribution >= 0.6 is 0 Å². The zero-order valence-electron chi connectivity index (χ0n) is 8.16. The van der Waals surface area contributed by atoms with E-state index < -0.39 is 17.9 Å². The van der Waals surface area contributed by atoms with Crippen LogP contribution in [0.15, 0.2) is 0 Å². The molecule has 1 rings (SSSR count). The highest BCUT2D eigenvalue weighted by Gasteiger charge is 2.23. The molecule has 0 saturated heterocycles. The maximum Gasteiger partial charge on any atom is 0.235 e. The smallest absolute Gasteiger partial charge is 0.235 e. The van der Waals surface area contributed by atoms with E-state index in [1.165, 1.54) is 12.8 Å². The predicted molar refractivity (Wildman–Crippen MR) is 52.2 cm³/mol. The Morgan fingerprint density at radius 1 is 1.29 bits per heavy atom. The summed E-state index contributed by atoms with van der Waals surface area (Å²) in [5.74, 6) is -1.00. The van der Waals surface area contributed by atoms with E-state index in [9.17, 15) is 9.59 Å². The van der Waals surface area contributed by atoms with Crippen LogP contribution in [-0.4, -0.2) is 23.9 Å². The van der Waals surface area contributed by atoms with Gasteiger partial charge in [0.2, 0.25) is 11.8 Å². The molecule has 1 fully saturated rings. The van der Waals surface area contributed by atoms with Gasteiger partial charge in [0.25, 0.3) is 0 Å². The lowest BCUT2D eigenvalue weighted by molar-refractivity contribution is -0.125. The van der Waals surface area contributed by atoms with Crippen LogP contribution in [0.5, 0.6) is 0 Å². The van der Waals surface area contributed by atoms with Crippen molar-refractivity contribution in [1.29, 1.82) is 0 Å². The van der Waals surface area contributed by atoms with E-state index in [-0.39, 0.29) is 6.42 Å². The lowest BCUT2D eigenvalue weighted by atomic mass is 10.1. The minimum atomic E-state index is -0.601. The van der Waals surface area contributed by atoms with Gasteiger partial charge in [-0.25, -0.2) is 0 Å². The van der Waals surface area contributed by atoms with E-state index >= 15 is 0 Å². The molecule has 1 atom stereocenters. The Hall–Kier alpha value is -1.10. The van der Waals surface area contributed by atoms with Gasteiger partial charge in [0.15, 0.2) is 0 Å². The number of nitrogens with one attached hydrogen (secondary N) is 1. The first-order valence-corrected chi connectivity index (χ1v) is 4.93. The number of hydrogen-bond donors (Lipinski definition) is 3. The van der Waals surface area contributed by atoms with Crippen LogP contribution < -0.4 is 16.8 Å². The molecule has 0 heterocycles. The third-order valence-electron chi connectivity index (χ3n) is 2.54. The second-order valence-electron chi connectivity index (χ2n) is 3.77. The molecule has 0 bridgehead atoms. The minimum absolute atomic E-state index is 0.00810. The normalized spacial score (nSPS) is 19.4. The predicted octanol–water partition coefficient (Wildman–Crippen LogP) is -0.752. The van der Waals surface area contributed by atoms with Crippen LogP contribution in [0, 0.1) is 0 Å². The summed E-state index contributed by atoms with van der Waals surface area (Å²) in [5, 5.41) is 3.07. The average Bonchev–Trinajstić information content (AvgIpc) is 2.54. The van der Waals surface area contributed by atoms with Crippen molar-refractivity contribution in [2.75, 3.05) is 0 Å². The highest BCUT2D eigenvalue weighted by Crippen LogP contribution is 2.18. The van der Waals surface area contributed by atoms with E-state index in [0.717, 1.165) is 12.8 Å². The standard InChI is InChI=1S/C9H17N3O2/c10-8(13)5-7(9(11)14)12-6-3-1-2-4-6/h6-7,12H,1-5H2,(H2,10,13)(H2,11,14)/t7-/m0/s1. The van der Waals surface area contributed by atoms with Gasteiger partial charge in [0, 0.05) is 6.04 Å². The van der Waals surface area contributed by atoms with Crippen molar-refractivity contribution in [3.63, 3.8) is 0 Å². The van der Waals surface area contributed by atoms with Gasteiger partial charge < -0.3 is 16.8 Å². The largest absolute Gasteiger partial charge is 0.370 e. The topological polar surface area (TPSA) is 98.2 Å². The molecule has 5 nitrogen and oxygen atoms in total. The Balaban J connectivity index is 2.41. The number of carbonyl (C=O) groups excluding carboxylic acids is 2. The molecule has 1 aliphatic rings. The first kappa shape index (κ1) is 11.0. The molecule has 5 N–H and O–H groups in total. The highest BCUT2D eigenvalue weighted by atomic mass is 16.2. The van der Waals surface area contributed by atoms with Crippen LogP contribution in [0.25, 0.3) is 0 Å². The van der Waals surface area contributed by atoms with Crippen molar-refractivity contribution in [1.82, 2.24) is 5.32 Å². The van der Waals surface area contributed by atoms with Gasteiger partial charge in [-0.05, 0) is 12.8 Å². The van der Waals surface area contributed by atoms with Crippen LogP contribution in [-0.2, 0) is 9.59 Å². The molecular weight excluding hydrogens is 182 g/mol. The summed E-state index contributed by atoms with van der Waals surface area (Å²) in [5.41, 5.74) is 10.2. The van der Waals surface area contributed by atoms with E-state index in [1.807, 2.05) is 0 Å². The van der Waals surface area contributed by atoms with Gasteiger partial charge in [-0.3, -0.25) is 9.59 Å². The zero-order chi connectivity index (χ0) is 10.6. The molecule has 80 valence electrons. The van der Waals surface area contributed by atoms with Crippen molar-refractivity contribution >= 4 is 11.8 Å². The fourth-order valence-electron chi connectivity index (χ4n) is 1.82. The fraction of sp³-hybridized carbons (Fsp3) is 0.778. The zero-order valence-corrected chi connectivity index (χ0v) is 8.16. The molecule has 0 aromatic rings. The summed E-state index contributed by atoms with van der Waals surface area (Å²) >= 11 is 0. The summed E-state index contributed by atoms with van der Waals surface area (Å²) < 4.78 is 0. The third kappa shape index (κ3) is 3.33. The SMILES string of the molecule is NC(=O)C[C@H](NC1CCCC1)C(N)=O. The Labute approximate surface area is 83.2 Å². The highest BCUT2D eigenvalue weighted by molar-refractivity contribution is 5.86. The Kier molecular flexibility index (Phi) is 3.88. The van der Waals surface area contributed by atoms with E-state index in [2.05, 4.69) is 5.32 Å². The molecule has 1 saturated carbocycles. The summed E-state index contributed by atoms with van der Waals surface area (Å²) in [6, 6.07) is -0.289. The maximum atomic E-state index is 11.0. The second-order valence-corrected chi connectivity index (χ2v) is 3.77. The van der Waals surface area contributed by atoms with E-state index in [1.54, 1.807) is 0 Å². The maximum absolute atomic E-state index is 11.0. The van der Waals surface area contributed by atoms with Gasteiger partial charge in [-0.2, -0.15) is 0 Å². The summed E-state index contributed by atoms with van der Waals surface area (Å²) in [6.07, 6.45) is 4.41. The fourth-order valence-corrected chi connectivity index (χ4v) is 1.82. The summed E-state index contributed by atoms with van der Waals surface area (Å²) in [6.45, 7) is 0. The van der Waals surface area contributed by atoms with Gasteiger partial charge in [-0.15, -0.1) is 0 Å². The first-order valence-electron chi connectivity index (χ1n) is 4.93. The van der Waals surface area contributed by atoms with Gasteiger partial charge in [0.1, 0.15) is 0 Å². The van der Waals surface area contributed by atoms with Crippen molar-refractivity contribution in [2.45, 2.75) is 44.2 Å². The van der Waals surface area contributed by atoms with Gasteiger partial charge in [0.05, 0.1) is 12.5 Å². The second kappa shape index (κ2) is 4.95. The Morgan fingerprint density at radius 2 is 1.86 bits per heavy atom. The van der Waals surface area contributed by atoms with Crippen LogP contribution in [0.4, 0.5) is 0 Å². The molecule has 5 heteroatoms. The molecule has 14 heavy (non-hydrogen) atoms. The number of nitrogens with two attached hydrogens (primary N) is 2. The molecule has 0 aromatic carbocycles. The molecule has 1 aliphatic carbocycles. The first-order chi connectivity index (χ1) is 6.59. The van der Waals surface area contributed by atoms with Gasteiger partial charge >= 0.3 is 0 Å². The van der Waals surface area contributed by atoms with Crippen LogP contribution in [0.1, 0.15) is 32.1 Å². The third-order valence-corrected chi connectivity index (χ3v) is 2.54. The molecular formula is C9H17N3O2. The summed E-state index contributed by atoms with van der Waals surface area (Å²) in [7, 11) is 0. The minimum Gasteiger partial charge on any atom is -0.370 e. The van der Waals surface area contributed by atoms with Gasteiger partial charge in [-0.1, -0.05) is 12.8 Å². The average molecular weight is 199 g/mol. The van der Waals surface area contributed by atoms with Crippen molar-refractivity contribution < 1.29 is 9.59 Å². The van der Waals surface area contributed by atoms with E-state index in [4.69, 9.17) is 11.5 Å². The molecule has 0 unspecified atom stereocenters. The Morgan fingerprint density at radius 3 is 2.29 bits per heavy atom. The molecule has 0 aliphatic heterocycles. The molecule has 0 spiro atoms. The molecule has 2 amide bonds. The lowest BCUT2D eigenvalue weighted by Gasteiger charge is -2.18. The van der Waals surface area contributed by atoms with Crippen molar-refractivity contribution in [2.24, 2.45) is 11.5 Å². The summed E-state index contributed by atoms with van der Waals surface area (Å²) in [4.78, 5) is 21.6. The number of carbonyl (C=O) groups is 2.